The van der Waals surface area contributed by atoms with E-state index >= 15 is 0 Å². The Labute approximate surface area is 652 Å². The molecule has 0 radical (unpaired) electrons. The zero-order valence-corrected chi connectivity index (χ0v) is 61.6. The molecule has 0 N–H and O–H groups in total. The molecular formula is C104H76BN3O2. The van der Waals surface area contributed by atoms with Crippen molar-refractivity contribution in [1.29, 1.82) is 0 Å². The van der Waals surface area contributed by atoms with Gasteiger partial charge in [0.25, 0.3) is 6.71 Å². The van der Waals surface area contributed by atoms with Crippen LogP contribution in [0.3, 0.4) is 0 Å². The topological polar surface area (TPSA) is 37.7 Å². The Morgan fingerprint density at radius 1 is 0.300 bits per heavy atom. The van der Waals surface area contributed by atoms with E-state index in [0.29, 0.717) is 11.4 Å². The SMILES string of the molecule is [2H]c1c([2H])c([2H])c2c(c1[2H])c1c([2H])c([2H])c([2H])c([2H])c1n2-c1ccc2c(c1)N(c1c(-c3ccccc3)cccc1-c1ccccc1)c1cc(-c3cc(-c4cc(C(C)(C)C)cc(C(C)(C)C)c4)c4oc5ccccc5c4c3)cc3c1B2c1ccc(-c2cccc4oc5ccccc5c24)cc1N3c1c(-c2ccccc2)cccc1-c1ccccc1. The summed E-state index contributed by atoms with van der Waals surface area (Å²) in [5.74, 6) is 0. The molecule has 5 heterocycles. The van der Waals surface area contributed by atoms with Crippen molar-refractivity contribution >= 4 is 123 Å². The second kappa shape index (κ2) is 25.1. The van der Waals surface area contributed by atoms with Crippen LogP contribution in [-0.2, 0) is 10.8 Å². The van der Waals surface area contributed by atoms with E-state index in [2.05, 4.69) is 312 Å². The summed E-state index contributed by atoms with van der Waals surface area (Å²) in [5, 5.41) is 3.91. The van der Waals surface area contributed by atoms with Crippen molar-refractivity contribution in [3.05, 3.63) is 363 Å². The molecule has 5 nitrogen and oxygen atoms in total. The predicted octanol–water partition coefficient (Wildman–Crippen LogP) is 26.9. The van der Waals surface area contributed by atoms with Crippen LogP contribution in [0.2, 0.25) is 0 Å². The summed E-state index contributed by atoms with van der Waals surface area (Å²) in [5.41, 5.74) is 27.1. The number of anilines is 6. The first-order chi connectivity index (χ1) is 57.2. The fourth-order valence-corrected chi connectivity index (χ4v) is 17.5. The Bertz CT molecular complexity index is 7230. The van der Waals surface area contributed by atoms with Crippen LogP contribution < -0.4 is 26.2 Å². The first-order valence-electron chi connectivity index (χ1n) is 41.7. The first-order valence-corrected chi connectivity index (χ1v) is 37.7. The van der Waals surface area contributed by atoms with Gasteiger partial charge in [0.1, 0.15) is 22.3 Å². The number of aromatic nitrogens is 1. The molecular weight excluding hydrogens is 1330 g/mol. The largest absolute Gasteiger partial charge is 0.456 e. The average molecular weight is 1420 g/mol. The second-order valence-electron chi connectivity index (χ2n) is 31.3. The Kier molecular flexibility index (Phi) is 13.0. The van der Waals surface area contributed by atoms with E-state index in [0.717, 1.165) is 167 Å². The Balaban J connectivity index is 0.974. The number of hydrogen-bond donors (Lipinski definition) is 0. The van der Waals surface area contributed by atoms with E-state index < -0.39 is 43.0 Å². The van der Waals surface area contributed by atoms with E-state index in [-0.39, 0.29) is 44.7 Å². The van der Waals surface area contributed by atoms with Gasteiger partial charge in [0.05, 0.1) is 33.4 Å². The summed E-state index contributed by atoms with van der Waals surface area (Å²) >= 11 is 0. The molecule has 21 rings (SSSR count). The quantitative estimate of drug-likeness (QED) is 0.128. The average Bonchev–Trinajstić information content (AvgIpc) is 1.47. The van der Waals surface area contributed by atoms with Gasteiger partial charge in [-0.15, -0.1) is 0 Å². The van der Waals surface area contributed by atoms with Crippen molar-refractivity contribution < 1.29 is 19.8 Å². The van der Waals surface area contributed by atoms with Crippen molar-refractivity contribution in [1.82, 2.24) is 4.57 Å². The zero-order chi connectivity index (χ0) is 80.6. The van der Waals surface area contributed by atoms with Gasteiger partial charge in [0, 0.05) is 88.6 Å². The molecule has 0 atom stereocenters. The molecule has 0 aliphatic carbocycles. The van der Waals surface area contributed by atoms with Crippen LogP contribution in [0.5, 0.6) is 0 Å². The maximum Gasteiger partial charge on any atom is 0.252 e. The zero-order valence-electron chi connectivity index (χ0n) is 69.6. The molecule has 0 saturated heterocycles. The van der Waals surface area contributed by atoms with Crippen molar-refractivity contribution in [2.75, 3.05) is 9.80 Å². The molecule has 0 saturated carbocycles. The lowest BCUT2D eigenvalue weighted by Crippen LogP contribution is -2.61. The number of furan rings is 2. The summed E-state index contributed by atoms with van der Waals surface area (Å²) in [6.07, 6.45) is 0. The van der Waals surface area contributed by atoms with Gasteiger partial charge in [0.2, 0.25) is 0 Å². The summed E-state index contributed by atoms with van der Waals surface area (Å²) in [6, 6.07) is 105. The van der Waals surface area contributed by atoms with Gasteiger partial charge in [-0.05, 0) is 161 Å². The Hall–Kier alpha value is -13.4. The van der Waals surface area contributed by atoms with Gasteiger partial charge >= 0.3 is 0 Å². The Morgan fingerprint density at radius 3 is 1.27 bits per heavy atom. The highest BCUT2D eigenvalue weighted by Crippen LogP contribution is 2.56. The van der Waals surface area contributed by atoms with Gasteiger partial charge in [-0.3, -0.25) is 0 Å². The normalized spacial score (nSPS) is 13.8. The van der Waals surface area contributed by atoms with Crippen molar-refractivity contribution in [3.63, 3.8) is 0 Å². The van der Waals surface area contributed by atoms with Gasteiger partial charge in [-0.2, -0.15) is 0 Å². The molecule has 2 aliphatic rings. The molecule has 6 heteroatoms. The fourth-order valence-electron chi connectivity index (χ4n) is 17.5. The lowest BCUT2D eigenvalue weighted by atomic mass is 9.33. The van der Waals surface area contributed by atoms with Crippen molar-refractivity contribution in [2.45, 2.75) is 52.4 Å². The van der Waals surface area contributed by atoms with Crippen LogP contribution in [0.4, 0.5) is 34.1 Å². The minimum Gasteiger partial charge on any atom is -0.456 e. The molecule has 3 aromatic heterocycles. The highest BCUT2D eigenvalue weighted by Gasteiger charge is 2.46. The maximum absolute atomic E-state index is 9.94. The van der Waals surface area contributed by atoms with Gasteiger partial charge in [0.15, 0.2) is 0 Å². The predicted molar refractivity (Wildman–Crippen MR) is 465 cm³/mol. The van der Waals surface area contributed by atoms with Crippen LogP contribution in [0.15, 0.2) is 360 Å². The summed E-state index contributed by atoms with van der Waals surface area (Å²) in [6.45, 7) is 13.1. The first kappa shape index (κ1) is 56.9. The number of benzene rings is 16. The smallest absolute Gasteiger partial charge is 0.252 e. The van der Waals surface area contributed by atoms with Crippen LogP contribution in [0.25, 0.3) is 149 Å². The standard InChI is InChI=1S/C104H76BN3O2/c1-103(2,3)73-56-72(57-74(63-73)104(4,5)6)85-58-70(59-86-83-40-21-25-49-95(83)110-102(85)86)71-61-93-99-94(62-71)108(101-79(67-34-15-9-16-35-67)45-28-46-80(101)68-36-17-10-18-37-68)92-64-75(106-89-47-23-19-38-81(89)82-39-20-24-48-90(82)106)53-55-88(92)105(99)87-54-52-69(76-42-29-51-97-98(76)84-41-22-26-50-96(84)109-97)60-91(87)107(93)100-77(65-30-11-7-12-31-65)43-27-44-78(100)66-32-13-8-14-33-66/h7-64H,1-6H3/i19D,20D,23D,24D,38D,39D,47D,48D. The number of hydrogen-bond acceptors (Lipinski definition) is 4. The van der Waals surface area contributed by atoms with Crippen LogP contribution in [0, 0.1) is 0 Å². The van der Waals surface area contributed by atoms with E-state index in [1.165, 1.54) is 11.1 Å². The van der Waals surface area contributed by atoms with E-state index in [1.807, 2.05) is 42.5 Å². The van der Waals surface area contributed by atoms with Crippen molar-refractivity contribution in [2.24, 2.45) is 0 Å². The van der Waals surface area contributed by atoms with Crippen LogP contribution in [-0.4, -0.2) is 11.3 Å². The van der Waals surface area contributed by atoms with Crippen LogP contribution >= 0.6 is 0 Å². The second-order valence-corrected chi connectivity index (χ2v) is 31.3. The molecule has 19 aromatic rings. The molecule has 522 valence electrons. The van der Waals surface area contributed by atoms with Gasteiger partial charge < -0.3 is 23.2 Å². The third-order valence-electron chi connectivity index (χ3n) is 22.7. The monoisotopic (exact) mass is 1420 g/mol. The van der Waals surface area contributed by atoms with E-state index in [9.17, 15) is 8.22 Å². The molecule has 0 unspecified atom stereocenters. The Morgan fingerprint density at radius 2 is 0.736 bits per heavy atom. The number of nitrogens with zero attached hydrogens (tertiary/aromatic N) is 3. The van der Waals surface area contributed by atoms with Crippen molar-refractivity contribution in [3.8, 4) is 83.6 Å². The summed E-state index contributed by atoms with van der Waals surface area (Å²) in [7, 11) is 0. The molecule has 0 fully saturated rings. The number of fused-ring (bicyclic) bond motifs is 13. The van der Waals surface area contributed by atoms with E-state index in [4.69, 9.17) is 11.6 Å². The lowest BCUT2D eigenvalue weighted by molar-refractivity contribution is 0.569. The maximum atomic E-state index is 9.94. The highest BCUT2D eigenvalue weighted by molar-refractivity contribution is 7.00. The lowest BCUT2D eigenvalue weighted by Gasteiger charge is -2.46. The summed E-state index contributed by atoms with van der Waals surface area (Å²) < 4.78 is 91.8. The molecule has 2 aliphatic heterocycles. The number of para-hydroxylation sites is 6. The minimum absolute atomic E-state index is 0.00800. The van der Waals surface area contributed by atoms with Gasteiger partial charge in [-0.25, -0.2) is 0 Å². The van der Waals surface area contributed by atoms with Gasteiger partial charge in [-0.1, -0.05) is 320 Å². The minimum atomic E-state index is -0.571. The highest BCUT2D eigenvalue weighted by atomic mass is 16.3. The molecule has 16 aromatic carbocycles. The third-order valence-corrected chi connectivity index (χ3v) is 22.7. The van der Waals surface area contributed by atoms with Crippen LogP contribution in [0.1, 0.15) is 63.6 Å². The number of rotatable bonds is 10. The molecule has 0 spiro atoms. The molecule has 0 amide bonds. The van der Waals surface area contributed by atoms with E-state index in [1.54, 1.807) is 4.57 Å². The summed E-state index contributed by atoms with van der Waals surface area (Å²) in [4.78, 5) is 4.99. The molecule has 0 bridgehead atoms. The molecule has 110 heavy (non-hydrogen) atoms. The third kappa shape index (κ3) is 10.4. The fraction of sp³-hybridized carbons (Fsp3) is 0.0769.